The number of rotatable bonds is 3. The molecule has 0 spiro atoms. The first kappa shape index (κ1) is 16.9. The minimum Gasteiger partial charge on any atom is -0.482 e. The molecule has 0 saturated carbocycles. The fourth-order valence-corrected chi connectivity index (χ4v) is 4.50. The third-order valence-electron chi connectivity index (χ3n) is 5.51. The van der Waals surface area contributed by atoms with Gasteiger partial charge in [-0.1, -0.05) is 48.0 Å². The summed E-state index contributed by atoms with van der Waals surface area (Å²) in [6, 6.07) is 15.1. The largest absolute Gasteiger partial charge is 0.482 e. The number of para-hydroxylation sites is 1. The van der Waals surface area contributed by atoms with Crippen LogP contribution in [-0.4, -0.2) is 30.1 Å². The van der Waals surface area contributed by atoms with Crippen LogP contribution in [0.4, 0.5) is 0 Å². The average molecular weight is 357 g/mol. The molecule has 2 N–H and O–H groups in total. The molecule has 2 aromatic carbocycles. The van der Waals surface area contributed by atoms with Gasteiger partial charge in [-0.3, -0.25) is 4.90 Å². The number of halogens is 1. The number of fused-ring (bicyclic) bond motifs is 1. The Bertz CT molecular complexity index is 743. The molecule has 2 aromatic rings. The van der Waals surface area contributed by atoms with Crippen LogP contribution in [0.15, 0.2) is 42.5 Å². The number of benzene rings is 2. The average Bonchev–Trinajstić information content (AvgIpc) is 2.97. The third-order valence-corrected chi connectivity index (χ3v) is 5.80. The summed E-state index contributed by atoms with van der Waals surface area (Å²) in [4.78, 5) is 2.52. The van der Waals surface area contributed by atoms with E-state index in [4.69, 9.17) is 22.1 Å². The van der Waals surface area contributed by atoms with Crippen LogP contribution in [-0.2, 0) is 6.42 Å². The van der Waals surface area contributed by atoms with Gasteiger partial charge in [0.1, 0.15) is 11.9 Å². The molecule has 0 aromatic heterocycles. The first-order valence-electron chi connectivity index (χ1n) is 9.12. The summed E-state index contributed by atoms with van der Waals surface area (Å²) in [5.41, 5.74) is 9.98. The summed E-state index contributed by atoms with van der Waals surface area (Å²) >= 11 is 6.43. The van der Waals surface area contributed by atoms with E-state index in [0.717, 1.165) is 43.7 Å². The first-order chi connectivity index (χ1) is 12.1. The van der Waals surface area contributed by atoms with Crippen LogP contribution < -0.4 is 10.5 Å². The number of aryl methyl sites for hydroxylation is 1. The molecule has 132 valence electrons. The monoisotopic (exact) mass is 356 g/mol. The van der Waals surface area contributed by atoms with Gasteiger partial charge in [0.2, 0.25) is 0 Å². The van der Waals surface area contributed by atoms with Crippen LogP contribution in [0.3, 0.4) is 0 Å². The van der Waals surface area contributed by atoms with Crippen molar-refractivity contribution >= 4 is 11.6 Å². The first-order valence-corrected chi connectivity index (χ1v) is 9.50. The van der Waals surface area contributed by atoms with Crippen LogP contribution in [0.5, 0.6) is 5.75 Å². The normalized spacial score (nSPS) is 26.4. The molecule has 4 rings (SSSR count). The van der Waals surface area contributed by atoms with Crippen LogP contribution in [0, 0.1) is 6.92 Å². The van der Waals surface area contributed by atoms with Gasteiger partial charge in [-0.2, -0.15) is 0 Å². The van der Waals surface area contributed by atoms with Crippen molar-refractivity contribution in [1.29, 1.82) is 0 Å². The summed E-state index contributed by atoms with van der Waals surface area (Å²) in [6.45, 7) is 4.08. The number of hydrogen-bond acceptors (Lipinski definition) is 3. The maximum Gasteiger partial charge on any atom is 0.141 e. The van der Waals surface area contributed by atoms with Crippen molar-refractivity contribution in [2.45, 2.75) is 44.4 Å². The fraction of sp³-hybridized carbons (Fsp3) is 0.429. The van der Waals surface area contributed by atoms with Gasteiger partial charge < -0.3 is 10.5 Å². The molecule has 0 amide bonds. The predicted octanol–water partition coefficient (Wildman–Crippen LogP) is 4.12. The lowest BCUT2D eigenvalue weighted by atomic mass is 10.0. The Morgan fingerprint density at radius 1 is 1.16 bits per heavy atom. The van der Waals surface area contributed by atoms with Crippen LogP contribution in [0.2, 0.25) is 5.02 Å². The van der Waals surface area contributed by atoms with E-state index in [1.54, 1.807) is 0 Å². The molecule has 4 heteroatoms. The van der Waals surface area contributed by atoms with E-state index in [1.165, 1.54) is 11.1 Å². The number of piperidine rings is 1. The predicted molar refractivity (Wildman–Crippen MR) is 102 cm³/mol. The Morgan fingerprint density at radius 2 is 2.00 bits per heavy atom. The quantitative estimate of drug-likeness (QED) is 0.899. The van der Waals surface area contributed by atoms with Crippen LogP contribution >= 0.6 is 11.6 Å². The smallest absolute Gasteiger partial charge is 0.141 e. The second-order valence-electron chi connectivity index (χ2n) is 7.29. The maximum atomic E-state index is 6.55. The molecule has 1 aliphatic heterocycles. The van der Waals surface area contributed by atoms with Crippen LogP contribution in [0.1, 0.15) is 35.6 Å². The summed E-state index contributed by atoms with van der Waals surface area (Å²) in [5, 5.41) is 0.679. The summed E-state index contributed by atoms with van der Waals surface area (Å²) in [7, 11) is 0. The molecule has 1 aliphatic carbocycles. The van der Waals surface area contributed by atoms with E-state index in [1.807, 2.05) is 25.1 Å². The number of likely N-dealkylation sites (tertiary alicyclic amines) is 1. The molecule has 1 heterocycles. The molecule has 2 aliphatic rings. The van der Waals surface area contributed by atoms with Gasteiger partial charge in [0, 0.05) is 12.6 Å². The van der Waals surface area contributed by atoms with Crippen molar-refractivity contribution in [3.05, 3.63) is 64.2 Å². The Morgan fingerprint density at radius 3 is 2.80 bits per heavy atom. The van der Waals surface area contributed by atoms with Gasteiger partial charge in [-0.25, -0.2) is 0 Å². The second kappa shape index (κ2) is 6.99. The summed E-state index contributed by atoms with van der Waals surface area (Å²) < 4.78 is 6.55. The SMILES string of the molecule is Cc1cccc(Cl)c1O[C@H]1c2ccccc2C[C@H]1N1CCC[C@H](N)C1. The molecule has 3 nitrogen and oxygen atoms in total. The van der Waals surface area contributed by atoms with E-state index in [9.17, 15) is 0 Å². The molecule has 0 radical (unpaired) electrons. The molecule has 0 unspecified atom stereocenters. The Balaban J connectivity index is 1.67. The topological polar surface area (TPSA) is 38.5 Å². The van der Waals surface area contributed by atoms with Crippen molar-refractivity contribution in [3.63, 3.8) is 0 Å². The zero-order valence-electron chi connectivity index (χ0n) is 14.6. The highest BCUT2D eigenvalue weighted by Crippen LogP contribution is 2.41. The van der Waals surface area contributed by atoms with Gasteiger partial charge in [0.25, 0.3) is 0 Å². The zero-order chi connectivity index (χ0) is 17.4. The highest BCUT2D eigenvalue weighted by atomic mass is 35.5. The minimum atomic E-state index is 0.0000926. The van der Waals surface area contributed by atoms with Gasteiger partial charge in [-0.15, -0.1) is 0 Å². The number of nitrogens with two attached hydrogens (primary N) is 1. The molecule has 25 heavy (non-hydrogen) atoms. The lowest BCUT2D eigenvalue weighted by Crippen LogP contribution is -2.49. The zero-order valence-corrected chi connectivity index (χ0v) is 15.4. The lowest BCUT2D eigenvalue weighted by molar-refractivity contribution is 0.0590. The molecular formula is C21H25ClN2O. The summed E-state index contributed by atoms with van der Waals surface area (Å²) in [5.74, 6) is 0.803. The second-order valence-corrected chi connectivity index (χ2v) is 7.70. The van der Waals surface area contributed by atoms with E-state index in [-0.39, 0.29) is 12.1 Å². The van der Waals surface area contributed by atoms with E-state index < -0.39 is 0 Å². The molecule has 0 bridgehead atoms. The highest BCUT2D eigenvalue weighted by Gasteiger charge is 2.39. The highest BCUT2D eigenvalue weighted by molar-refractivity contribution is 6.32. The van der Waals surface area contributed by atoms with Gasteiger partial charge >= 0.3 is 0 Å². The van der Waals surface area contributed by atoms with Crippen LogP contribution in [0.25, 0.3) is 0 Å². The number of hydrogen-bond donors (Lipinski definition) is 1. The van der Waals surface area contributed by atoms with Gasteiger partial charge in [-0.05, 0) is 55.5 Å². The van der Waals surface area contributed by atoms with E-state index >= 15 is 0 Å². The molecular weight excluding hydrogens is 332 g/mol. The van der Waals surface area contributed by atoms with Crippen molar-refractivity contribution in [2.75, 3.05) is 13.1 Å². The third kappa shape index (κ3) is 3.29. The van der Waals surface area contributed by atoms with Crippen molar-refractivity contribution in [3.8, 4) is 5.75 Å². The summed E-state index contributed by atoms with van der Waals surface area (Å²) in [6.07, 6.45) is 3.29. The molecule has 1 saturated heterocycles. The minimum absolute atomic E-state index is 0.0000926. The number of nitrogens with zero attached hydrogens (tertiary/aromatic N) is 1. The standard InChI is InChI=1S/C21H25ClN2O/c1-14-6-4-10-18(22)20(14)25-21-17-9-3-2-7-15(17)12-19(21)24-11-5-8-16(23)13-24/h2-4,6-7,9-10,16,19,21H,5,8,11-13,23H2,1H3/t16-,19+,21-/m0/s1. The van der Waals surface area contributed by atoms with E-state index in [0.29, 0.717) is 11.1 Å². The lowest BCUT2D eigenvalue weighted by Gasteiger charge is -2.38. The number of ether oxygens (including phenoxy) is 1. The molecule has 1 fully saturated rings. The van der Waals surface area contributed by atoms with Crippen molar-refractivity contribution in [2.24, 2.45) is 5.73 Å². The maximum absolute atomic E-state index is 6.55. The fourth-order valence-electron chi connectivity index (χ4n) is 4.23. The Kier molecular flexibility index (Phi) is 4.72. The van der Waals surface area contributed by atoms with Crippen molar-refractivity contribution < 1.29 is 4.74 Å². The van der Waals surface area contributed by atoms with Gasteiger partial charge in [0.15, 0.2) is 0 Å². The molecule has 3 atom stereocenters. The van der Waals surface area contributed by atoms with Gasteiger partial charge in [0.05, 0.1) is 11.1 Å². The van der Waals surface area contributed by atoms with Crippen molar-refractivity contribution in [1.82, 2.24) is 4.90 Å². The Hall–Kier alpha value is -1.55. The Labute approximate surface area is 154 Å². The van der Waals surface area contributed by atoms with E-state index in [2.05, 4.69) is 29.2 Å².